The molecule has 0 amide bonds. The lowest BCUT2D eigenvalue weighted by atomic mass is 10.0. The fraction of sp³-hybridized carbons (Fsp3) is 0.333. The molecule has 3 N–H and O–H groups in total. The van der Waals surface area contributed by atoms with Gasteiger partial charge in [0.1, 0.15) is 5.75 Å². The second-order valence-electron chi connectivity index (χ2n) is 3.71. The molecule has 0 bridgehead atoms. The minimum atomic E-state index is -1.76. The molecule has 0 saturated heterocycles. The van der Waals surface area contributed by atoms with Crippen molar-refractivity contribution in [1.82, 2.24) is 0 Å². The number of phenols is 1. The largest absolute Gasteiger partial charge is 0.508 e. The van der Waals surface area contributed by atoms with Gasteiger partial charge in [-0.2, -0.15) is 0 Å². The molecule has 0 saturated carbocycles. The number of esters is 1. The van der Waals surface area contributed by atoms with Crippen LogP contribution in [0.3, 0.4) is 0 Å². The van der Waals surface area contributed by atoms with Gasteiger partial charge in [0.05, 0.1) is 7.11 Å². The molecule has 1 rings (SSSR count). The van der Waals surface area contributed by atoms with E-state index in [1.165, 1.54) is 19.2 Å². The minimum absolute atomic E-state index is 0.0793. The van der Waals surface area contributed by atoms with Crippen molar-refractivity contribution in [3.8, 4) is 5.75 Å². The summed E-state index contributed by atoms with van der Waals surface area (Å²) in [4.78, 5) is 21.5. The average Bonchev–Trinajstić information content (AvgIpc) is 2.35. The van der Waals surface area contributed by atoms with Gasteiger partial charge in [-0.3, -0.25) is 4.79 Å². The number of hydrogen-bond donors (Lipinski definition) is 3. The van der Waals surface area contributed by atoms with Crippen LogP contribution >= 0.6 is 0 Å². The molecule has 0 aliphatic rings. The average molecular weight is 254 g/mol. The third kappa shape index (κ3) is 3.46. The number of aliphatic hydroxyl groups is 1. The lowest BCUT2D eigenvalue weighted by molar-refractivity contribution is -0.147. The first kappa shape index (κ1) is 14.0. The van der Waals surface area contributed by atoms with Crippen LogP contribution in [0.1, 0.15) is 23.7 Å². The number of aliphatic hydroxyl groups excluding tert-OH is 1. The number of ether oxygens (including phenoxy) is 1. The Labute approximate surface area is 103 Å². The summed E-state index contributed by atoms with van der Waals surface area (Å²) in [6.07, 6.45) is -1.24. The Hall–Kier alpha value is -2.08. The van der Waals surface area contributed by atoms with Crippen LogP contribution in [0.2, 0.25) is 0 Å². The summed E-state index contributed by atoms with van der Waals surface area (Å²) in [7, 11) is 1.28. The number of aliphatic carboxylic acids is 1. The quantitative estimate of drug-likeness (QED) is 0.665. The molecule has 1 unspecified atom stereocenters. The molecule has 0 fully saturated rings. The smallest absolute Gasteiger partial charge is 0.337 e. The van der Waals surface area contributed by atoms with E-state index in [-0.39, 0.29) is 23.7 Å². The van der Waals surface area contributed by atoms with Crippen LogP contribution in [-0.4, -0.2) is 34.4 Å². The van der Waals surface area contributed by atoms with Crippen molar-refractivity contribution in [3.63, 3.8) is 0 Å². The van der Waals surface area contributed by atoms with Gasteiger partial charge in [0, 0.05) is 12.0 Å². The zero-order chi connectivity index (χ0) is 13.7. The summed E-state index contributed by atoms with van der Waals surface area (Å²) in [5.74, 6) is -2.12. The number of hydrogen-bond acceptors (Lipinski definition) is 5. The fourth-order valence-electron chi connectivity index (χ4n) is 1.46. The number of benzene rings is 1. The molecule has 0 spiro atoms. The standard InChI is InChI=1S/C12H14O6/c1-18-10(14)5-3-7-2-4-8(9(13)6-7)11(15)12(16)17/h2,4,6,11,13,15H,3,5H2,1H3,(H,16,17). The van der Waals surface area contributed by atoms with Crippen LogP contribution < -0.4 is 0 Å². The summed E-state index contributed by atoms with van der Waals surface area (Å²) in [6.45, 7) is 0. The molecular weight excluding hydrogens is 240 g/mol. The van der Waals surface area contributed by atoms with E-state index in [9.17, 15) is 19.8 Å². The molecule has 0 aromatic heterocycles. The number of aryl methyl sites for hydroxylation is 1. The number of methoxy groups -OCH3 is 1. The van der Waals surface area contributed by atoms with E-state index in [4.69, 9.17) is 5.11 Å². The molecule has 0 aliphatic heterocycles. The molecule has 0 radical (unpaired) electrons. The van der Waals surface area contributed by atoms with E-state index in [1.807, 2.05) is 0 Å². The molecule has 6 nitrogen and oxygen atoms in total. The maximum absolute atomic E-state index is 10.9. The van der Waals surface area contributed by atoms with E-state index in [2.05, 4.69) is 4.74 Å². The second kappa shape index (κ2) is 6.02. The van der Waals surface area contributed by atoms with Gasteiger partial charge >= 0.3 is 11.9 Å². The fourth-order valence-corrected chi connectivity index (χ4v) is 1.46. The Morgan fingerprint density at radius 2 is 2.06 bits per heavy atom. The first-order valence-corrected chi connectivity index (χ1v) is 5.25. The van der Waals surface area contributed by atoms with Crippen LogP contribution in [0, 0.1) is 0 Å². The molecule has 1 aromatic rings. The van der Waals surface area contributed by atoms with Crippen LogP contribution in [0.5, 0.6) is 5.75 Å². The predicted molar refractivity (Wildman–Crippen MR) is 61.0 cm³/mol. The Morgan fingerprint density at radius 3 is 2.56 bits per heavy atom. The zero-order valence-electron chi connectivity index (χ0n) is 9.79. The van der Waals surface area contributed by atoms with Crippen molar-refractivity contribution in [2.45, 2.75) is 18.9 Å². The summed E-state index contributed by atoms with van der Waals surface area (Å²) < 4.78 is 4.48. The Morgan fingerprint density at radius 1 is 1.39 bits per heavy atom. The minimum Gasteiger partial charge on any atom is -0.508 e. The number of rotatable bonds is 5. The first-order chi connectivity index (χ1) is 8.45. The molecule has 0 heterocycles. The molecule has 1 aromatic carbocycles. The van der Waals surface area contributed by atoms with Crippen molar-refractivity contribution in [2.75, 3.05) is 7.11 Å². The normalized spacial score (nSPS) is 11.9. The Kier molecular flexibility index (Phi) is 4.67. The van der Waals surface area contributed by atoms with Crippen molar-refractivity contribution < 1.29 is 29.6 Å². The molecule has 18 heavy (non-hydrogen) atoms. The lowest BCUT2D eigenvalue weighted by Crippen LogP contribution is -2.10. The van der Waals surface area contributed by atoms with Crippen LogP contribution in [0.25, 0.3) is 0 Å². The van der Waals surface area contributed by atoms with E-state index in [0.717, 1.165) is 0 Å². The summed E-state index contributed by atoms with van der Waals surface area (Å²) in [5, 5.41) is 27.5. The van der Waals surface area contributed by atoms with Crippen LogP contribution in [-0.2, 0) is 20.7 Å². The van der Waals surface area contributed by atoms with Crippen molar-refractivity contribution in [1.29, 1.82) is 0 Å². The van der Waals surface area contributed by atoms with Gasteiger partial charge in [-0.15, -0.1) is 0 Å². The van der Waals surface area contributed by atoms with Gasteiger partial charge in [0.25, 0.3) is 0 Å². The zero-order valence-corrected chi connectivity index (χ0v) is 9.79. The summed E-state index contributed by atoms with van der Waals surface area (Å²) >= 11 is 0. The summed E-state index contributed by atoms with van der Waals surface area (Å²) in [6, 6.07) is 4.19. The number of aromatic hydroxyl groups is 1. The number of carbonyl (C=O) groups is 2. The van der Waals surface area contributed by atoms with Gasteiger partial charge in [-0.25, -0.2) is 4.79 Å². The van der Waals surface area contributed by atoms with Gasteiger partial charge in [-0.05, 0) is 18.1 Å². The lowest BCUT2D eigenvalue weighted by Gasteiger charge is -2.09. The Bertz CT molecular complexity index is 454. The molecule has 6 heteroatoms. The van der Waals surface area contributed by atoms with Gasteiger partial charge in [0.2, 0.25) is 0 Å². The van der Waals surface area contributed by atoms with Crippen LogP contribution in [0.15, 0.2) is 18.2 Å². The highest BCUT2D eigenvalue weighted by Crippen LogP contribution is 2.26. The van der Waals surface area contributed by atoms with E-state index in [1.54, 1.807) is 6.07 Å². The van der Waals surface area contributed by atoms with Crippen molar-refractivity contribution in [2.24, 2.45) is 0 Å². The third-order valence-corrected chi connectivity index (χ3v) is 2.47. The van der Waals surface area contributed by atoms with E-state index >= 15 is 0 Å². The topological polar surface area (TPSA) is 104 Å². The van der Waals surface area contributed by atoms with Crippen LogP contribution in [0.4, 0.5) is 0 Å². The number of carboxylic acids is 1. The molecule has 1 atom stereocenters. The molecule has 98 valence electrons. The van der Waals surface area contributed by atoms with E-state index in [0.29, 0.717) is 12.0 Å². The maximum atomic E-state index is 10.9. The van der Waals surface area contributed by atoms with Gasteiger partial charge in [-0.1, -0.05) is 12.1 Å². The van der Waals surface area contributed by atoms with E-state index < -0.39 is 12.1 Å². The Balaban J connectivity index is 2.79. The van der Waals surface area contributed by atoms with Gasteiger partial charge in [0.15, 0.2) is 6.10 Å². The maximum Gasteiger partial charge on any atom is 0.337 e. The summed E-state index contributed by atoms with van der Waals surface area (Å²) in [5.41, 5.74) is 0.573. The second-order valence-corrected chi connectivity index (χ2v) is 3.71. The third-order valence-electron chi connectivity index (χ3n) is 2.47. The SMILES string of the molecule is COC(=O)CCc1ccc(C(O)C(=O)O)c(O)c1. The molecular formula is C12H14O6. The van der Waals surface area contributed by atoms with Crippen molar-refractivity contribution in [3.05, 3.63) is 29.3 Å². The highest BCUT2D eigenvalue weighted by atomic mass is 16.5. The number of carbonyl (C=O) groups excluding carboxylic acids is 1. The predicted octanol–water partition coefficient (Wildman–Crippen LogP) is 0.616. The first-order valence-electron chi connectivity index (χ1n) is 5.25. The highest BCUT2D eigenvalue weighted by molar-refractivity contribution is 5.75. The van der Waals surface area contributed by atoms with Crippen molar-refractivity contribution >= 4 is 11.9 Å². The number of phenolic OH excluding ortho intramolecular Hbond substituents is 1. The number of carboxylic acid groups (broad SMARTS) is 1. The van der Waals surface area contributed by atoms with Gasteiger partial charge < -0.3 is 20.1 Å². The highest BCUT2D eigenvalue weighted by Gasteiger charge is 2.19. The monoisotopic (exact) mass is 254 g/mol. The molecule has 0 aliphatic carbocycles.